The molecule has 164 valence electrons. The summed E-state index contributed by atoms with van der Waals surface area (Å²) in [6, 6.07) is 1.58. The smallest absolute Gasteiger partial charge is 0.345 e. The van der Waals surface area contributed by atoms with Gasteiger partial charge in [0.2, 0.25) is 5.60 Å². The fraction of sp³-hybridized carbons (Fsp3) is 0.565. The molecule has 1 aliphatic heterocycles. The third-order valence-electron chi connectivity index (χ3n) is 6.07. The first-order valence-corrected chi connectivity index (χ1v) is 10.2. The van der Waals surface area contributed by atoms with Crippen LogP contribution in [0.4, 0.5) is 0 Å². The highest BCUT2D eigenvalue weighted by Gasteiger charge is 2.65. The maximum absolute atomic E-state index is 13.3. The van der Waals surface area contributed by atoms with Crippen molar-refractivity contribution in [2.75, 3.05) is 7.11 Å². The second-order valence-corrected chi connectivity index (χ2v) is 8.12. The molecule has 1 aromatic carbocycles. The maximum atomic E-state index is 13.3. The molecule has 1 aliphatic carbocycles. The summed E-state index contributed by atoms with van der Waals surface area (Å²) in [5, 5.41) is 10.7. The molecule has 3 atom stereocenters. The minimum atomic E-state index is -2.01. The number of ether oxygens (including phenoxy) is 2. The Morgan fingerprint density at radius 3 is 2.23 bits per heavy atom. The summed E-state index contributed by atoms with van der Waals surface area (Å²) < 4.78 is 10.4. The van der Waals surface area contributed by atoms with Gasteiger partial charge in [-0.15, -0.1) is 0 Å². The molecule has 0 bridgehead atoms. The van der Waals surface area contributed by atoms with Crippen LogP contribution in [0.2, 0.25) is 0 Å². The van der Waals surface area contributed by atoms with E-state index in [1.165, 1.54) is 20.8 Å². The predicted molar refractivity (Wildman–Crippen MR) is 110 cm³/mol. The Hall–Kier alpha value is -2.54. The van der Waals surface area contributed by atoms with Crippen LogP contribution in [0.25, 0.3) is 0 Å². The SMILES string of the molecule is CC.CCc1c(C)cc2c(c1O)C(=O)C1OC(C)(C(=O)OC)C(=O)C(C)(C)C1C2=O. The molecule has 3 rings (SSSR count). The first-order chi connectivity index (χ1) is 13.9. The van der Waals surface area contributed by atoms with Gasteiger partial charge in [-0.05, 0) is 37.5 Å². The minimum Gasteiger partial charge on any atom is -0.507 e. The number of Topliss-reactive ketones (excluding diaryl/α,β-unsaturated/α-hetero) is 3. The number of rotatable bonds is 2. The average Bonchev–Trinajstić information content (AvgIpc) is 2.70. The molecule has 1 saturated heterocycles. The lowest BCUT2D eigenvalue weighted by Gasteiger charge is -2.49. The van der Waals surface area contributed by atoms with Gasteiger partial charge in [-0.25, -0.2) is 4.79 Å². The van der Waals surface area contributed by atoms with Crippen LogP contribution in [0.3, 0.4) is 0 Å². The summed E-state index contributed by atoms with van der Waals surface area (Å²) in [6.07, 6.45) is -0.888. The van der Waals surface area contributed by atoms with Crippen molar-refractivity contribution in [1.29, 1.82) is 0 Å². The van der Waals surface area contributed by atoms with Crippen LogP contribution >= 0.6 is 0 Å². The zero-order valence-corrected chi connectivity index (χ0v) is 18.8. The van der Waals surface area contributed by atoms with Gasteiger partial charge in [0.1, 0.15) is 11.9 Å². The van der Waals surface area contributed by atoms with Gasteiger partial charge in [-0.2, -0.15) is 0 Å². The van der Waals surface area contributed by atoms with Crippen molar-refractivity contribution in [3.05, 3.63) is 28.3 Å². The first-order valence-electron chi connectivity index (χ1n) is 10.2. The number of ketones is 3. The van der Waals surface area contributed by atoms with Crippen molar-refractivity contribution in [1.82, 2.24) is 0 Å². The number of aromatic hydroxyl groups is 1. The maximum Gasteiger partial charge on any atom is 0.345 e. The fourth-order valence-corrected chi connectivity index (χ4v) is 4.56. The van der Waals surface area contributed by atoms with Crippen LogP contribution in [-0.2, 0) is 25.5 Å². The summed E-state index contributed by atoms with van der Waals surface area (Å²) in [5.41, 5.74) is -2.11. The van der Waals surface area contributed by atoms with Gasteiger partial charge in [-0.1, -0.05) is 34.6 Å². The predicted octanol–water partition coefficient (Wildman–Crippen LogP) is 3.21. The van der Waals surface area contributed by atoms with Crippen LogP contribution < -0.4 is 0 Å². The molecule has 0 amide bonds. The van der Waals surface area contributed by atoms with E-state index in [1.807, 2.05) is 20.8 Å². The summed E-state index contributed by atoms with van der Waals surface area (Å²) in [4.78, 5) is 52.0. The molecule has 1 fully saturated rings. The van der Waals surface area contributed by atoms with E-state index in [0.29, 0.717) is 17.5 Å². The molecule has 1 aromatic rings. The molecule has 0 aromatic heterocycles. The second kappa shape index (κ2) is 7.95. The quantitative estimate of drug-likeness (QED) is 0.580. The second-order valence-electron chi connectivity index (χ2n) is 8.12. The number of carbonyl (C=O) groups excluding carboxylic acids is 4. The Kier molecular flexibility index (Phi) is 6.29. The molecule has 1 heterocycles. The van der Waals surface area contributed by atoms with Gasteiger partial charge >= 0.3 is 5.97 Å². The minimum absolute atomic E-state index is 0.0876. The molecule has 2 aliphatic rings. The van der Waals surface area contributed by atoms with Gasteiger partial charge in [-0.3, -0.25) is 14.4 Å². The molecular weight excluding hydrogens is 388 g/mol. The van der Waals surface area contributed by atoms with Crippen molar-refractivity contribution in [3.8, 4) is 5.75 Å². The molecule has 7 nitrogen and oxygen atoms in total. The van der Waals surface area contributed by atoms with Crippen molar-refractivity contribution in [2.24, 2.45) is 11.3 Å². The molecule has 30 heavy (non-hydrogen) atoms. The van der Waals surface area contributed by atoms with Gasteiger partial charge < -0.3 is 14.6 Å². The van der Waals surface area contributed by atoms with Crippen LogP contribution in [0.1, 0.15) is 73.4 Å². The van der Waals surface area contributed by atoms with E-state index in [1.54, 1.807) is 13.0 Å². The number of esters is 1. The Morgan fingerprint density at radius 2 is 1.73 bits per heavy atom. The third kappa shape index (κ3) is 3.07. The average molecular weight is 418 g/mol. The molecule has 3 unspecified atom stereocenters. The third-order valence-corrected chi connectivity index (χ3v) is 6.07. The standard InChI is InChI=1S/C21H24O7.C2H6/c1-7-10-9(2)8-11-12(14(10)22)16(24)17-13(15(11)23)20(3,4)18(25)21(5,28-17)19(26)27-6;1-2/h8,13,17,22H,7H2,1-6H3;1-2H3. The van der Waals surface area contributed by atoms with Gasteiger partial charge in [0.05, 0.1) is 18.6 Å². The number of hydrogen-bond acceptors (Lipinski definition) is 7. The molecule has 0 radical (unpaired) electrons. The summed E-state index contributed by atoms with van der Waals surface area (Å²) in [7, 11) is 1.12. The van der Waals surface area contributed by atoms with E-state index in [-0.39, 0.29) is 16.9 Å². The number of benzene rings is 1. The van der Waals surface area contributed by atoms with Gasteiger partial charge in [0.15, 0.2) is 17.3 Å². The van der Waals surface area contributed by atoms with Crippen molar-refractivity contribution >= 4 is 23.3 Å². The van der Waals surface area contributed by atoms with Crippen molar-refractivity contribution in [2.45, 2.75) is 66.6 Å². The van der Waals surface area contributed by atoms with Crippen molar-refractivity contribution in [3.63, 3.8) is 0 Å². The van der Waals surface area contributed by atoms with Gasteiger partial charge in [0.25, 0.3) is 0 Å². The lowest BCUT2D eigenvalue weighted by Crippen LogP contribution is -2.67. The normalized spacial score (nSPS) is 26.9. The monoisotopic (exact) mass is 418 g/mol. The highest BCUT2D eigenvalue weighted by atomic mass is 16.6. The largest absolute Gasteiger partial charge is 0.507 e. The topological polar surface area (TPSA) is 107 Å². The lowest BCUT2D eigenvalue weighted by molar-refractivity contribution is -0.197. The first kappa shape index (κ1) is 23.7. The van der Waals surface area contributed by atoms with E-state index in [0.717, 1.165) is 7.11 Å². The highest BCUT2D eigenvalue weighted by molar-refractivity contribution is 6.22. The summed E-state index contributed by atoms with van der Waals surface area (Å²) >= 11 is 0. The number of phenols is 1. The van der Waals surface area contributed by atoms with Crippen LogP contribution in [0.15, 0.2) is 6.07 Å². The number of fused-ring (bicyclic) bond motifs is 2. The van der Waals surface area contributed by atoms with Gasteiger partial charge in [0, 0.05) is 11.0 Å². The lowest BCUT2D eigenvalue weighted by atomic mass is 9.60. The summed E-state index contributed by atoms with van der Waals surface area (Å²) in [6.45, 7) is 11.9. The number of carbonyl (C=O) groups is 4. The Bertz CT molecular complexity index is 928. The van der Waals surface area contributed by atoms with Crippen LogP contribution in [0.5, 0.6) is 5.75 Å². The molecular formula is C23H30O7. The number of methoxy groups -OCH3 is 1. The Morgan fingerprint density at radius 1 is 1.17 bits per heavy atom. The van der Waals surface area contributed by atoms with E-state index in [2.05, 4.69) is 0 Å². The van der Waals surface area contributed by atoms with Crippen LogP contribution in [-0.4, -0.2) is 47.2 Å². The number of aryl methyl sites for hydroxylation is 1. The zero-order chi connectivity index (χ0) is 23.2. The molecule has 0 saturated carbocycles. The molecule has 0 spiro atoms. The summed E-state index contributed by atoms with van der Waals surface area (Å²) in [5.74, 6) is -3.95. The fourth-order valence-electron chi connectivity index (χ4n) is 4.56. The Balaban J connectivity index is 0.00000155. The molecule has 7 heteroatoms. The van der Waals surface area contributed by atoms with E-state index < -0.39 is 46.4 Å². The zero-order valence-electron chi connectivity index (χ0n) is 18.8. The van der Waals surface area contributed by atoms with E-state index >= 15 is 0 Å². The number of phenolic OH excluding ortho intramolecular Hbond substituents is 1. The van der Waals surface area contributed by atoms with E-state index in [4.69, 9.17) is 9.47 Å². The highest BCUT2D eigenvalue weighted by Crippen LogP contribution is 2.49. The Labute approximate surface area is 176 Å². The van der Waals surface area contributed by atoms with E-state index in [9.17, 15) is 24.3 Å². The van der Waals surface area contributed by atoms with Crippen molar-refractivity contribution < 1.29 is 33.8 Å². The number of hydrogen-bond donors (Lipinski definition) is 1. The van der Waals surface area contributed by atoms with Crippen LogP contribution in [0, 0.1) is 18.3 Å². The molecule has 1 N–H and O–H groups in total.